The molecule has 4 nitrogen and oxygen atoms in total. The van der Waals surface area contributed by atoms with Crippen molar-refractivity contribution in [2.24, 2.45) is 11.3 Å². The number of ketones is 1. The molecule has 1 aromatic heterocycles. The molecular formula is C22H15N3OS. The van der Waals surface area contributed by atoms with Gasteiger partial charge in [0.1, 0.15) is 5.01 Å². The topological polar surface area (TPSA) is 77.5 Å². The van der Waals surface area contributed by atoms with Crippen LogP contribution in [-0.4, -0.2) is 10.8 Å². The van der Waals surface area contributed by atoms with Crippen molar-refractivity contribution in [3.8, 4) is 22.7 Å². The third-order valence-electron chi connectivity index (χ3n) is 5.06. The Morgan fingerprint density at radius 2 is 1.63 bits per heavy atom. The molecule has 1 saturated carbocycles. The summed E-state index contributed by atoms with van der Waals surface area (Å²) >= 11 is 1.33. The zero-order valence-corrected chi connectivity index (χ0v) is 15.4. The molecule has 4 rings (SSSR count). The van der Waals surface area contributed by atoms with Crippen LogP contribution in [0.15, 0.2) is 60.7 Å². The second-order valence-corrected chi connectivity index (χ2v) is 7.62. The van der Waals surface area contributed by atoms with Gasteiger partial charge in [-0.05, 0) is 12.5 Å². The van der Waals surface area contributed by atoms with Gasteiger partial charge >= 0.3 is 0 Å². The van der Waals surface area contributed by atoms with Crippen molar-refractivity contribution in [3.63, 3.8) is 0 Å². The van der Waals surface area contributed by atoms with Crippen molar-refractivity contribution in [2.75, 3.05) is 0 Å². The first kappa shape index (κ1) is 17.1. The molecule has 0 aliphatic heterocycles. The highest BCUT2D eigenvalue weighted by Crippen LogP contribution is 2.65. The Kier molecular flexibility index (Phi) is 4.11. The van der Waals surface area contributed by atoms with E-state index in [1.165, 1.54) is 11.3 Å². The first-order valence-corrected chi connectivity index (χ1v) is 9.38. The molecule has 0 amide bonds. The van der Waals surface area contributed by atoms with E-state index >= 15 is 0 Å². The summed E-state index contributed by atoms with van der Waals surface area (Å²) in [5.74, 6) is -1.22. The number of aromatic nitrogens is 1. The van der Waals surface area contributed by atoms with Gasteiger partial charge < -0.3 is 0 Å². The average molecular weight is 369 g/mol. The summed E-state index contributed by atoms with van der Waals surface area (Å²) < 4.78 is 0. The third-order valence-corrected chi connectivity index (χ3v) is 6.28. The van der Waals surface area contributed by atoms with Crippen molar-refractivity contribution in [1.29, 1.82) is 10.5 Å². The largest absolute Gasteiger partial charge is 0.293 e. The first-order valence-electron chi connectivity index (χ1n) is 8.57. The summed E-state index contributed by atoms with van der Waals surface area (Å²) in [5.41, 5.74) is 1.14. The van der Waals surface area contributed by atoms with Gasteiger partial charge in [-0.1, -0.05) is 60.7 Å². The van der Waals surface area contributed by atoms with Crippen LogP contribution in [-0.2, 0) is 0 Å². The molecule has 0 bridgehead atoms. The summed E-state index contributed by atoms with van der Waals surface area (Å²) in [6.45, 7) is 1.80. The van der Waals surface area contributed by atoms with Gasteiger partial charge in [0, 0.05) is 11.5 Å². The van der Waals surface area contributed by atoms with Crippen LogP contribution in [0.3, 0.4) is 0 Å². The van der Waals surface area contributed by atoms with Crippen LogP contribution in [0.1, 0.15) is 26.8 Å². The van der Waals surface area contributed by atoms with Gasteiger partial charge in [-0.3, -0.25) is 4.79 Å². The Balaban J connectivity index is 1.72. The van der Waals surface area contributed by atoms with Crippen LogP contribution in [0.25, 0.3) is 10.6 Å². The number of thiazole rings is 1. The molecule has 0 saturated heterocycles. The molecule has 1 aliphatic carbocycles. The number of rotatable bonds is 4. The summed E-state index contributed by atoms with van der Waals surface area (Å²) in [4.78, 5) is 18.3. The minimum atomic E-state index is -1.30. The van der Waals surface area contributed by atoms with Gasteiger partial charge in [-0.15, -0.1) is 11.3 Å². The minimum Gasteiger partial charge on any atom is -0.293 e. The second kappa shape index (κ2) is 6.46. The van der Waals surface area contributed by atoms with E-state index in [1.54, 1.807) is 6.92 Å². The Morgan fingerprint density at radius 1 is 1.04 bits per heavy atom. The molecule has 0 radical (unpaired) electrons. The number of aryl methyl sites for hydroxylation is 1. The molecule has 0 unspecified atom stereocenters. The molecule has 3 aromatic rings. The van der Waals surface area contributed by atoms with Crippen molar-refractivity contribution in [1.82, 2.24) is 4.98 Å². The summed E-state index contributed by atoms with van der Waals surface area (Å²) in [6.07, 6.45) is 0. The Bertz CT molecular complexity index is 1080. The number of nitrogens with zero attached hydrogens (tertiary/aromatic N) is 3. The predicted octanol–water partition coefficient (Wildman–Crippen LogP) is 4.75. The van der Waals surface area contributed by atoms with Crippen molar-refractivity contribution in [3.05, 3.63) is 76.8 Å². The van der Waals surface area contributed by atoms with Crippen LogP contribution in [0.5, 0.6) is 0 Å². The first-order chi connectivity index (χ1) is 13.1. The molecule has 1 heterocycles. The number of benzene rings is 2. The zero-order chi connectivity index (χ0) is 19.0. The maximum absolute atomic E-state index is 13.3. The number of Topliss-reactive ketones (excluding diaryl/α,β-unsaturated/α-hetero) is 1. The van der Waals surface area contributed by atoms with Crippen molar-refractivity contribution in [2.45, 2.75) is 12.8 Å². The fourth-order valence-electron chi connectivity index (χ4n) is 3.64. The normalized spacial score (nSPS) is 19.7. The maximum Gasteiger partial charge on any atom is 0.181 e. The number of hydrogen-bond donors (Lipinski definition) is 0. The predicted molar refractivity (Wildman–Crippen MR) is 103 cm³/mol. The summed E-state index contributed by atoms with van der Waals surface area (Å²) in [6, 6.07) is 23.2. The number of hydrogen-bond acceptors (Lipinski definition) is 5. The maximum atomic E-state index is 13.3. The quantitative estimate of drug-likeness (QED) is 0.622. The van der Waals surface area contributed by atoms with Gasteiger partial charge in [-0.25, -0.2) is 4.98 Å². The van der Waals surface area contributed by atoms with Gasteiger partial charge in [0.15, 0.2) is 11.2 Å². The molecule has 27 heavy (non-hydrogen) atoms. The van der Waals surface area contributed by atoms with Crippen molar-refractivity contribution < 1.29 is 4.79 Å². The fourth-order valence-corrected chi connectivity index (χ4v) is 4.69. The van der Waals surface area contributed by atoms with E-state index in [0.717, 1.165) is 16.1 Å². The standard InChI is InChI=1S/C22H15N3OS/c1-14-20(27-21(25-14)16-10-6-3-7-11-16)19(26)18-17(22(18,12-23)13-24)15-8-4-2-5-9-15/h2-11,17-18H,1H3/t17-,18-/m0/s1. The van der Waals surface area contributed by atoms with Crippen molar-refractivity contribution >= 4 is 17.1 Å². The number of carbonyl (C=O) groups is 1. The monoisotopic (exact) mass is 369 g/mol. The number of carbonyl (C=O) groups excluding carboxylic acids is 1. The Labute approximate surface area is 161 Å². The lowest BCUT2D eigenvalue weighted by molar-refractivity contribution is 0.0961. The van der Waals surface area contributed by atoms with E-state index in [-0.39, 0.29) is 5.78 Å². The van der Waals surface area contributed by atoms with Crippen LogP contribution >= 0.6 is 11.3 Å². The van der Waals surface area contributed by atoms with Gasteiger partial charge in [0.25, 0.3) is 0 Å². The fraction of sp³-hybridized carbons (Fsp3) is 0.182. The van der Waals surface area contributed by atoms with E-state index in [1.807, 2.05) is 60.7 Å². The number of nitriles is 2. The molecule has 0 N–H and O–H groups in total. The van der Waals surface area contributed by atoms with E-state index in [4.69, 9.17) is 0 Å². The van der Waals surface area contributed by atoms with Gasteiger partial charge in [-0.2, -0.15) is 10.5 Å². The molecule has 2 atom stereocenters. The average Bonchev–Trinajstić information content (AvgIpc) is 3.25. The smallest absolute Gasteiger partial charge is 0.181 e. The molecule has 1 fully saturated rings. The molecule has 130 valence electrons. The summed E-state index contributed by atoms with van der Waals surface area (Å²) in [5, 5.41) is 20.1. The Morgan fingerprint density at radius 3 is 2.22 bits per heavy atom. The zero-order valence-electron chi connectivity index (χ0n) is 14.6. The van der Waals surface area contributed by atoms with Crippen LogP contribution in [0, 0.1) is 40.9 Å². The second-order valence-electron chi connectivity index (χ2n) is 6.62. The molecule has 2 aromatic carbocycles. The van der Waals surface area contributed by atoms with Crippen LogP contribution in [0.2, 0.25) is 0 Å². The van der Waals surface area contributed by atoms with E-state index in [2.05, 4.69) is 17.1 Å². The SMILES string of the molecule is Cc1nc(-c2ccccc2)sc1C(=O)[C@@H]1[C@H](c2ccccc2)C1(C#N)C#N. The lowest BCUT2D eigenvalue weighted by Gasteiger charge is -1.98. The van der Waals surface area contributed by atoms with Gasteiger partial charge in [0.2, 0.25) is 0 Å². The highest BCUT2D eigenvalue weighted by Gasteiger charge is 2.70. The van der Waals surface area contributed by atoms with E-state index < -0.39 is 17.3 Å². The van der Waals surface area contributed by atoms with Gasteiger partial charge in [0.05, 0.1) is 28.6 Å². The van der Waals surface area contributed by atoms with Crippen LogP contribution < -0.4 is 0 Å². The lowest BCUT2D eigenvalue weighted by Crippen LogP contribution is -2.08. The molecule has 1 aliphatic rings. The summed E-state index contributed by atoms with van der Waals surface area (Å²) in [7, 11) is 0. The minimum absolute atomic E-state index is 0.163. The highest BCUT2D eigenvalue weighted by molar-refractivity contribution is 7.17. The van der Waals surface area contributed by atoms with Crippen LogP contribution in [0.4, 0.5) is 0 Å². The highest BCUT2D eigenvalue weighted by atomic mass is 32.1. The lowest BCUT2D eigenvalue weighted by atomic mass is 10.0. The molecular weight excluding hydrogens is 354 g/mol. The van der Waals surface area contributed by atoms with E-state index in [0.29, 0.717) is 10.6 Å². The Hall–Kier alpha value is -3.28. The molecule has 5 heteroatoms. The van der Waals surface area contributed by atoms with E-state index in [9.17, 15) is 15.3 Å². The third kappa shape index (κ3) is 2.65. The molecule has 0 spiro atoms.